The van der Waals surface area contributed by atoms with Gasteiger partial charge in [0.15, 0.2) is 0 Å². The highest BCUT2D eigenvalue weighted by atomic mass is 127. The second-order valence-corrected chi connectivity index (χ2v) is 6.53. The first-order valence-corrected chi connectivity index (χ1v) is 8.18. The lowest BCUT2D eigenvalue weighted by atomic mass is 10.1. The van der Waals surface area contributed by atoms with Crippen LogP contribution in [0.2, 0.25) is 0 Å². The Labute approximate surface area is 142 Å². The molecule has 1 saturated carbocycles. The fourth-order valence-corrected chi connectivity index (χ4v) is 2.42. The van der Waals surface area contributed by atoms with Crippen LogP contribution in [-0.4, -0.2) is 11.9 Å². The first kappa shape index (κ1) is 15.3. The highest BCUT2D eigenvalue weighted by molar-refractivity contribution is 14.1. The van der Waals surface area contributed by atoms with Crippen LogP contribution >= 0.6 is 22.6 Å². The summed E-state index contributed by atoms with van der Waals surface area (Å²) in [6.07, 6.45) is 1.23. The van der Waals surface area contributed by atoms with Crippen molar-refractivity contribution in [1.29, 1.82) is 0 Å². The summed E-state index contributed by atoms with van der Waals surface area (Å²) in [6.45, 7) is 0. The molecule has 1 amide bonds. The van der Waals surface area contributed by atoms with Gasteiger partial charge >= 0.3 is 0 Å². The number of carbonyl (C=O) groups excluding carboxylic acids is 1. The van der Waals surface area contributed by atoms with Crippen molar-refractivity contribution in [2.45, 2.75) is 25.0 Å². The van der Waals surface area contributed by atoms with Crippen LogP contribution in [0.15, 0.2) is 48.5 Å². The van der Waals surface area contributed by atoms with Crippen LogP contribution in [-0.2, 0) is 4.79 Å². The normalized spacial score (nSPS) is 15.2. The number of ether oxygens (including phenoxy) is 1. The van der Waals surface area contributed by atoms with E-state index in [1.807, 2.05) is 24.3 Å². The predicted molar refractivity (Wildman–Crippen MR) is 90.1 cm³/mol. The summed E-state index contributed by atoms with van der Waals surface area (Å²) in [7, 11) is 0. The molecular weight excluding hydrogens is 396 g/mol. The molecule has 114 valence electrons. The lowest BCUT2D eigenvalue weighted by Crippen LogP contribution is -2.33. The summed E-state index contributed by atoms with van der Waals surface area (Å²) in [5.74, 6) is 0.0905. The molecule has 1 N–H and O–H groups in total. The molecule has 0 heterocycles. The number of hydrogen-bond acceptors (Lipinski definition) is 2. The van der Waals surface area contributed by atoms with Crippen LogP contribution in [0.1, 0.15) is 24.5 Å². The molecule has 0 radical (unpaired) electrons. The molecule has 2 aromatic rings. The van der Waals surface area contributed by atoms with E-state index < -0.39 is 6.10 Å². The zero-order valence-corrected chi connectivity index (χ0v) is 13.9. The number of benzene rings is 2. The van der Waals surface area contributed by atoms with Crippen LogP contribution < -0.4 is 10.1 Å². The quantitative estimate of drug-likeness (QED) is 0.760. The molecule has 0 saturated heterocycles. The third kappa shape index (κ3) is 3.97. The number of rotatable bonds is 5. The minimum Gasteiger partial charge on any atom is -0.476 e. The van der Waals surface area contributed by atoms with Gasteiger partial charge in [-0.05, 0) is 71.8 Å². The minimum atomic E-state index is -0.777. The van der Waals surface area contributed by atoms with Crippen molar-refractivity contribution in [3.8, 4) is 5.75 Å². The standard InChI is InChI=1S/C17H15FINO2/c18-12-3-1-11(2-4-12)16(17(21)20-14-7-8-14)22-15-9-5-13(19)6-10-15/h1-6,9-10,14,16H,7-8H2,(H,20,21)/t16-/m0/s1. The average molecular weight is 411 g/mol. The van der Waals surface area contributed by atoms with Crippen LogP contribution in [0, 0.1) is 9.39 Å². The Morgan fingerprint density at radius 2 is 1.77 bits per heavy atom. The summed E-state index contributed by atoms with van der Waals surface area (Å²) < 4.78 is 20.0. The lowest BCUT2D eigenvalue weighted by molar-refractivity contribution is -0.128. The number of nitrogens with one attached hydrogen (secondary N) is 1. The Balaban J connectivity index is 1.82. The van der Waals surface area contributed by atoms with Gasteiger partial charge in [0.1, 0.15) is 11.6 Å². The summed E-state index contributed by atoms with van der Waals surface area (Å²) in [5, 5.41) is 2.94. The van der Waals surface area contributed by atoms with Crippen molar-refractivity contribution in [3.05, 3.63) is 63.5 Å². The summed E-state index contributed by atoms with van der Waals surface area (Å²) >= 11 is 2.21. The van der Waals surface area contributed by atoms with Crippen molar-refractivity contribution in [2.24, 2.45) is 0 Å². The fraction of sp³-hybridized carbons (Fsp3) is 0.235. The molecule has 2 aromatic carbocycles. The molecule has 3 rings (SSSR count). The van der Waals surface area contributed by atoms with Crippen molar-refractivity contribution in [1.82, 2.24) is 5.32 Å². The Bertz CT molecular complexity index is 653. The molecule has 3 nitrogen and oxygen atoms in total. The average Bonchev–Trinajstić information content (AvgIpc) is 3.31. The summed E-state index contributed by atoms with van der Waals surface area (Å²) in [5.41, 5.74) is 0.637. The zero-order chi connectivity index (χ0) is 15.5. The van der Waals surface area contributed by atoms with E-state index in [9.17, 15) is 9.18 Å². The molecule has 5 heteroatoms. The molecule has 1 aliphatic carbocycles. The van der Waals surface area contributed by atoms with Crippen molar-refractivity contribution < 1.29 is 13.9 Å². The largest absolute Gasteiger partial charge is 0.476 e. The SMILES string of the molecule is O=C(NC1CC1)[C@@H](Oc1ccc(I)cc1)c1ccc(F)cc1. The van der Waals surface area contributed by atoms with E-state index in [-0.39, 0.29) is 17.8 Å². The molecule has 0 spiro atoms. The van der Waals surface area contributed by atoms with Crippen LogP contribution in [0.4, 0.5) is 4.39 Å². The minimum absolute atomic E-state index is 0.187. The Hall–Kier alpha value is -1.63. The monoisotopic (exact) mass is 411 g/mol. The van der Waals surface area contributed by atoms with E-state index in [2.05, 4.69) is 27.9 Å². The van der Waals surface area contributed by atoms with Gasteiger partial charge in [-0.15, -0.1) is 0 Å². The molecule has 1 fully saturated rings. The highest BCUT2D eigenvalue weighted by Gasteiger charge is 2.29. The van der Waals surface area contributed by atoms with E-state index in [4.69, 9.17) is 4.74 Å². The molecule has 0 aromatic heterocycles. The van der Waals surface area contributed by atoms with E-state index in [1.165, 1.54) is 12.1 Å². The third-order valence-electron chi connectivity index (χ3n) is 3.40. The van der Waals surface area contributed by atoms with Gasteiger partial charge in [-0.25, -0.2) is 4.39 Å². The first-order chi connectivity index (χ1) is 10.6. The fourth-order valence-electron chi connectivity index (χ4n) is 2.06. The Morgan fingerprint density at radius 3 is 2.36 bits per heavy atom. The molecule has 22 heavy (non-hydrogen) atoms. The third-order valence-corrected chi connectivity index (χ3v) is 4.12. The smallest absolute Gasteiger partial charge is 0.266 e. The van der Waals surface area contributed by atoms with Gasteiger partial charge in [-0.3, -0.25) is 4.79 Å². The number of hydrogen-bond donors (Lipinski definition) is 1. The number of amides is 1. The molecule has 0 bridgehead atoms. The second-order valence-electron chi connectivity index (χ2n) is 5.29. The molecule has 1 aliphatic rings. The topological polar surface area (TPSA) is 38.3 Å². The molecule has 0 unspecified atom stereocenters. The van der Waals surface area contributed by atoms with E-state index >= 15 is 0 Å². The van der Waals surface area contributed by atoms with E-state index in [0.29, 0.717) is 11.3 Å². The van der Waals surface area contributed by atoms with Gasteiger partial charge in [-0.2, -0.15) is 0 Å². The molecular formula is C17H15FINO2. The van der Waals surface area contributed by atoms with Gasteiger partial charge in [0, 0.05) is 15.2 Å². The number of carbonyl (C=O) groups is 1. The van der Waals surface area contributed by atoms with E-state index in [1.54, 1.807) is 12.1 Å². The van der Waals surface area contributed by atoms with Gasteiger partial charge < -0.3 is 10.1 Å². The van der Waals surface area contributed by atoms with Crippen molar-refractivity contribution >= 4 is 28.5 Å². The molecule has 1 atom stereocenters. The van der Waals surface area contributed by atoms with Crippen LogP contribution in [0.25, 0.3) is 0 Å². The first-order valence-electron chi connectivity index (χ1n) is 7.10. The zero-order valence-electron chi connectivity index (χ0n) is 11.8. The lowest BCUT2D eigenvalue weighted by Gasteiger charge is -2.19. The van der Waals surface area contributed by atoms with Crippen molar-refractivity contribution in [3.63, 3.8) is 0 Å². The second kappa shape index (κ2) is 6.64. The predicted octanol–water partition coefficient (Wildman–Crippen LogP) is 3.83. The maximum Gasteiger partial charge on any atom is 0.266 e. The summed E-state index contributed by atoms with van der Waals surface area (Å²) in [6, 6.07) is 13.6. The van der Waals surface area contributed by atoms with Gasteiger partial charge in [-0.1, -0.05) is 12.1 Å². The highest BCUT2D eigenvalue weighted by Crippen LogP contribution is 2.26. The summed E-state index contributed by atoms with van der Waals surface area (Å²) in [4.78, 5) is 12.4. The van der Waals surface area contributed by atoms with Crippen LogP contribution in [0.3, 0.4) is 0 Å². The maximum atomic E-state index is 13.1. The van der Waals surface area contributed by atoms with Crippen LogP contribution in [0.5, 0.6) is 5.75 Å². The Kier molecular flexibility index (Phi) is 4.61. The van der Waals surface area contributed by atoms with Gasteiger partial charge in [0.25, 0.3) is 5.91 Å². The van der Waals surface area contributed by atoms with Crippen molar-refractivity contribution in [2.75, 3.05) is 0 Å². The van der Waals surface area contributed by atoms with Gasteiger partial charge in [0.05, 0.1) is 0 Å². The molecule has 0 aliphatic heterocycles. The maximum absolute atomic E-state index is 13.1. The Morgan fingerprint density at radius 1 is 1.14 bits per heavy atom. The van der Waals surface area contributed by atoms with E-state index in [0.717, 1.165) is 16.4 Å². The van der Waals surface area contributed by atoms with Gasteiger partial charge in [0.2, 0.25) is 6.10 Å². The number of halogens is 2.